The third-order valence-electron chi connectivity index (χ3n) is 5.99. The molecule has 12 heteroatoms. The Morgan fingerprint density at radius 1 is 0.975 bits per heavy atom. The SMILES string of the molecule is CNc1nccc(-c2cc3cc(C(=O)NC(CN(c4ccccc4)c4ccccn4)C(=O)[O-])ccc3[nH]2)n1.O.[K+]. The summed E-state index contributed by atoms with van der Waals surface area (Å²) >= 11 is 0. The number of hydrogen-bond acceptors (Lipinski definition) is 8. The molecule has 0 radical (unpaired) electrons. The van der Waals surface area contributed by atoms with Crippen LogP contribution in [0.4, 0.5) is 17.5 Å². The zero-order valence-electron chi connectivity index (χ0n) is 22.0. The number of H-pyrrole nitrogens is 1. The Hall–Kier alpha value is -3.65. The first-order valence-electron chi connectivity index (χ1n) is 11.9. The number of aliphatic carboxylic acids is 1. The summed E-state index contributed by atoms with van der Waals surface area (Å²) in [7, 11) is 1.74. The molecule has 40 heavy (non-hydrogen) atoms. The molecule has 0 bridgehead atoms. The van der Waals surface area contributed by atoms with Crippen molar-refractivity contribution in [3.05, 3.63) is 96.8 Å². The second-order valence-corrected chi connectivity index (χ2v) is 8.48. The van der Waals surface area contributed by atoms with Crippen LogP contribution >= 0.6 is 0 Å². The molecule has 3 heterocycles. The Labute approximate surface area is 272 Å². The number of carbonyl (C=O) groups excluding carboxylic acids is 2. The molecule has 0 aliphatic heterocycles. The van der Waals surface area contributed by atoms with E-state index in [-0.39, 0.29) is 63.4 Å². The van der Waals surface area contributed by atoms with Crippen LogP contribution in [0.25, 0.3) is 22.3 Å². The number of aromatic nitrogens is 4. The molecular weight excluding hydrogens is 537 g/mol. The molecule has 198 valence electrons. The summed E-state index contributed by atoms with van der Waals surface area (Å²) in [5.74, 6) is -0.891. The molecule has 0 aliphatic rings. The minimum Gasteiger partial charge on any atom is -0.548 e. The van der Waals surface area contributed by atoms with Crippen molar-refractivity contribution >= 4 is 40.2 Å². The molecule has 2 aromatic carbocycles. The number of amides is 1. The first kappa shape index (κ1) is 30.9. The summed E-state index contributed by atoms with van der Waals surface area (Å²) < 4.78 is 0. The maximum atomic E-state index is 13.1. The number of benzene rings is 2. The van der Waals surface area contributed by atoms with Crippen molar-refractivity contribution in [2.45, 2.75) is 6.04 Å². The molecular formula is C28H26KN7O4. The minimum absolute atomic E-state index is 0. The first-order valence-corrected chi connectivity index (χ1v) is 11.9. The zero-order valence-corrected chi connectivity index (χ0v) is 25.1. The number of hydrogen-bond donors (Lipinski definition) is 3. The number of aromatic amines is 1. The topological polar surface area (TPSA) is 170 Å². The maximum absolute atomic E-state index is 13.1. The van der Waals surface area contributed by atoms with E-state index in [9.17, 15) is 14.7 Å². The van der Waals surface area contributed by atoms with E-state index in [1.807, 2.05) is 42.5 Å². The number of anilines is 3. The van der Waals surface area contributed by atoms with Crippen molar-refractivity contribution < 1.29 is 71.6 Å². The van der Waals surface area contributed by atoms with Crippen LogP contribution in [0.5, 0.6) is 0 Å². The summed E-state index contributed by atoms with van der Waals surface area (Å²) in [4.78, 5) is 43.2. The average molecular weight is 564 g/mol. The molecule has 0 saturated carbocycles. The fourth-order valence-electron chi connectivity index (χ4n) is 4.10. The van der Waals surface area contributed by atoms with Crippen LogP contribution in [0.15, 0.2) is 91.3 Å². The number of carboxylic acid groups (broad SMARTS) is 1. The average Bonchev–Trinajstić information content (AvgIpc) is 3.39. The Bertz CT molecular complexity index is 1540. The van der Waals surface area contributed by atoms with E-state index in [1.165, 1.54) is 0 Å². The van der Waals surface area contributed by atoms with Gasteiger partial charge in [0.05, 0.1) is 29.9 Å². The number of carbonyl (C=O) groups is 2. The normalized spacial score (nSPS) is 11.0. The molecule has 1 unspecified atom stereocenters. The molecule has 3 aromatic heterocycles. The van der Waals surface area contributed by atoms with Crippen LogP contribution in [0, 0.1) is 0 Å². The van der Waals surface area contributed by atoms with Crippen LogP contribution in [0.1, 0.15) is 10.4 Å². The van der Waals surface area contributed by atoms with Crippen molar-refractivity contribution in [3.63, 3.8) is 0 Å². The van der Waals surface area contributed by atoms with Crippen LogP contribution in [-0.4, -0.2) is 56.9 Å². The molecule has 5 N–H and O–H groups in total. The fourth-order valence-corrected chi connectivity index (χ4v) is 4.10. The van der Waals surface area contributed by atoms with Crippen LogP contribution in [0.3, 0.4) is 0 Å². The Morgan fingerprint density at radius 3 is 2.45 bits per heavy atom. The zero-order chi connectivity index (χ0) is 26.5. The van der Waals surface area contributed by atoms with Crippen LogP contribution in [0.2, 0.25) is 0 Å². The number of para-hydroxylation sites is 1. The van der Waals surface area contributed by atoms with Gasteiger partial charge < -0.3 is 35.9 Å². The molecule has 0 fully saturated rings. The van der Waals surface area contributed by atoms with E-state index >= 15 is 0 Å². The first-order chi connectivity index (χ1) is 18.5. The van der Waals surface area contributed by atoms with Gasteiger partial charge in [-0.25, -0.2) is 15.0 Å². The van der Waals surface area contributed by atoms with Crippen molar-refractivity contribution in [1.82, 2.24) is 25.3 Å². The number of carboxylic acids is 1. The van der Waals surface area contributed by atoms with Gasteiger partial charge in [-0.05, 0) is 54.6 Å². The smallest absolute Gasteiger partial charge is 0.548 e. The van der Waals surface area contributed by atoms with E-state index in [0.717, 1.165) is 22.3 Å². The van der Waals surface area contributed by atoms with E-state index in [4.69, 9.17) is 0 Å². The summed E-state index contributed by atoms with van der Waals surface area (Å²) in [6.45, 7) is -0.0762. The third kappa shape index (κ3) is 7.10. The number of nitrogens with one attached hydrogen (secondary N) is 3. The predicted octanol–water partition coefficient (Wildman–Crippen LogP) is -1.07. The van der Waals surface area contributed by atoms with Gasteiger partial charge in [-0.1, -0.05) is 24.3 Å². The molecule has 0 aliphatic carbocycles. The second-order valence-electron chi connectivity index (χ2n) is 8.48. The predicted molar refractivity (Wildman–Crippen MR) is 146 cm³/mol. The summed E-state index contributed by atoms with van der Waals surface area (Å²) in [5, 5.41) is 18.4. The van der Waals surface area contributed by atoms with Gasteiger partial charge in [-0.2, -0.15) is 0 Å². The fraction of sp³-hybridized carbons (Fsp3) is 0.107. The van der Waals surface area contributed by atoms with Gasteiger partial charge in [0.25, 0.3) is 5.91 Å². The van der Waals surface area contributed by atoms with E-state index in [0.29, 0.717) is 23.0 Å². The van der Waals surface area contributed by atoms with Gasteiger partial charge in [0.15, 0.2) is 0 Å². The number of rotatable bonds is 9. The van der Waals surface area contributed by atoms with Gasteiger partial charge in [0.2, 0.25) is 5.95 Å². The Kier molecular flexibility index (Phi) is 10.9. The summed E-state index contributed by atoms with van der Waals surface area (Å²) in [6, 6.07) is 22.1. The van der Waals surface area contributed by atoms with Crippen LogP contribution < -0.4 is 72.0 Å². The van der Waals surface area contributed by atoms with Crippen LogP contribution in [-0.2, 0) is 4.79 Å². The maximum Gasteiger partial charge on any atom is 1.00 e. The van der Waals surface area contributed by atoms with Gasteiger partial charge in [-0.15, -0.1) is 0 Å². The number of pyridine rings is 1. The van der Waals surface area contributed by atoms with Crippen molar-refractivity contribution in [2.24, 2.45) is 0 Å². The van der Waals surface area contributed by atoms with Gasteiger partial charge in [0, 0.05) is 41.6 Å². The molecule has 0 saturated heterocycles. The molecule has 0 spiro atoms. The summed E-state index contributed by atoms with van der Waals surface area (Å²) in [5.41, 5.74) is 3.32. The molecule has 1 amide bonds. The third-order valence-corrected chi connectivity index (χ3v) is 5.99. The van der Waals surface area contributed by atoms with E-state index in [2.05, 4.69) is 30.6 Å². The van der Waals surface area contributed by atoms with Crippen molar-refractivity contribution in [1.29, 1.82) is 0 Å². The standard InChI is InChI=1S/C28H25N7O3.K.H2O/c1-29-28-31-14-12-22(34-28)23-16-19-15-18(10-11-21(19)32-23)26(36)33-24(27(37)38)17-35(20-7-3-2-4-8-20)25-9-5-6-13-30-25;;/h2-16,24,32H,17H2,1H3,(H,33,36)(H,37,38)(H,29,31,34);;1H2/q;+1;/p-1. The van der Waals surface area contributed by atoms with E-state index in [1.54, 1.807) is 60.7 Å². The molecule has 5 rings (SSSR count). The Morgan fingerprint density at radius 2 is 1.75 bits per heavy atom. The summed E-state index contributed by atoms with van der Waals surface area (Å²) in [6.07, 6.45) is 3.28. The largest absolute Gasteiger partial charge is 1.00 e. The second kappa shape index (κ2) is 14.1. The monoisotopic (exact) mass is 563 g/mol. The Balaban J connectivity index is 0.00000220. The van der Waals surface area contributed by atoms with Gasteiger partial charge in [0.1, 0.15) is 5.82 Å². The van der Waals surface area contributed by atoms with Crippen molar-refractivity contribution in [3.8, 4) is 11.4 Å². The quantitative estimate of drug-likeness (QED) is 0.190. The van der Waals surface area contributed by atoms with Gasteiger partial charge >= 0.3 is 51.4 Å². The molecule has 1 atom stereocenters. The minimum atomic E-state index is -1.40. The molecule has 5 aromatic rings. The number of fused-ring (bicyclic) bond motifs is 1. The van der Waals surface area contributed by atoms with E-state index < -0.39 is 17.9 Å². The number of nitrogens with zero attached hydrogens (tertiary/aromatic N) is 4. The van der Waals surface area contributed by atoms with Gasteiger partial charge in [-0.3, -0.25) is 4.79 Å². The molecule has 11 nitrogen and oxygen atoms in total. The van der Waals surface area contributed by atoms with Crippen molar-refractivity contribution in [2.75, 3.05) is 23.8 Å².